The lowest BCUT2D eigenvalue weighted by Gasteiger charge is -2.24. The Morgan fingerprint density at radius 3 is 2.81 bits per heavy atom. The number of aryl methyl sites for hydroxylation is 1. The van der Waals surface area contributed by atoms with Crippen LogP contribution in [0.3, 0.4) is 0 Å². The third-order valence-electron chi connectivity index (χ3n) is 4.91. The third kappa shape index (κ3) is 4.17. The van der Waals surface area contributed by atoms with E-state index in [-0.39, 0.29) is 12.1 Å². The summed E-state index contributed by atoms with van der Waals surface area (Å²) >= 11 is 0. The average Bonchev–Trinajstić information content (AvgIpc) is 2.94. The van der Waals surface area contributed by atoms with Crippen LogP contribution in [0.25, 0.3) is 0 Å². The molecule has 2 atom stereocenters. The van der Waals surface area contributed by atoms with Crippen molar-refractivity contribution in [2.45, 2.75) is 32.4 Å². The number of carbonyl (C=O) groups excluding carboxylic acids is 1. The number of likely N-dealkylation sites (N-methyl/N-ethyl adjacent to an activating group) is 1. The van der Waals surface area contributed by atoms with Crippen LogP contribution in [0, 0.1) is 6.92 Å². The fourth-order valence-corrected chi connectivity index (χ4v) is 3.54. The molecule has 0 spiro atoms. The van der Waals surface area contributed by atoms with Gasteiger partial charge in [-0.05, 0) is 42.7 Å². The molecule has 0 fully saturated rings. The van der Waals surface area contributed by atoms with Gasteiger partial charge in [0.05, 0.1) is 12.1 Å². The van der Waals surface area contributed by atoms with Gasteiger partial charge in [-0.15, -0.1) is 0 Å². The van der Waals surface area contributed by atoms with E-state index in [4.69, 9.17) is 0 Å². The van der Waals surface area contributed by atoms with Gasteiger partial charge in [-0.1, -0.05) is 36.4 Å². The Hall–Kier alpha value is -2.53. The maximum absolute atomic E-state index is 12.3. The molecule has 0 saturated heterocycles. The lowest BCUT2D eigenvalue weighted by molar-refractivity contribution is 0.142. The van der Waals surface area contributed by atoms with Crippen LogP contribution >= 0.6 is 0 Å². The molecule has 0 radical (unpaired) electrons. The van der Waals surface area contributed by atoms with E-state index >= 15 is 0 Å². The number of fused-ring (bicyclic) bond motifs is 1. The number of nitrogens with one attached hydrogen (secondary N) is 2. The first-order valence-corrected chi connectivity index (χ1v) is 9.20. The molecule has 0 heterocycles. The topological polar surface area (TPSA) is 64.6 Å². The number of anilines is 1. The van der Waals surface area contributed by atoms with Gasteiger partial charge in [0.2, 0.25) is 0 Å². The number of urea groups is 1. The van der Waals surface area contributed by atoms with Crippen molar-refractivity contribution in [1.29, 1.82) is 0 Å². The number of hydrogen-bond acceptors (Lipinski definition) is 3. The van der Waals surface area contributed by atoms with E-state index in [1.54, 1.807) is 0 Å². The van der Waals surface area contributed by atoms with Crippen molar-refractivity contribution < 1.29 is 9.90 Å². The van der Waals surface area contributed by atoms with Crippen molar-refractivity contribution in [3.05, 3.63) is 65.2 Å². The predicted octanol–water partition coefficient (Wildman–Crippen LogP) is 2.78. The first kappa shape index (κ1) is 18.3. The summed E-state index contributed by atoms with van der Waals surface area (Å²) < 4.78 is 0. The maximum Gasteiger partial charge on any atom is 0.315 e. The Labute approximate surface area is 155 Å². The molecule has 2 amide bonds. The van der Waals surface area contributed by atoms with Crippen LogP contribution in [0.5, 0.6) is 0 Å². The first-order valence-electron chi connectivity index (χ1n) is 9.20. The Morgan fingerprint density at radius 2 is 2.04 bits per heavy atom. The number of benzene rings is 2. The van der Waals surface area contributed by atoms with Crippen LogP contribution in [0.4, 0.5) is 10.5 Å². The molecule has 0 unspecified atom stereocenters. The van der Waals surface area contributed by atoms with Crippen molar-refractivity contribution in [2.24, 2.45) is 0 Å². The van der Waals surface area contributed by atoms with Crippen LogP contribution in [0.2, 0.25) is 0 Å². The minimum Gasteiger partial charge on any atom is -0.390 e. The number of nitrogens with zero attached hydrogens (tertiary/aromatic N) is 1. The van der Waals surface area contributed by atoms with E-state index in [1.165, 1.54) is 5.56 Å². The third-order valence-corrected chi connectivity index (χ3v) is 4.91. The Kier molecular flexibility index (Phi) is 5.78. The minimum atomic E-state index is -0.572. The highest BCUT2D eigenvalue weighted by atomic mass is 16.3. The van der Waals surface area contributed by atoms with Gasteiger partial charge in [0.1, 0.15) is 0 Å². The van der Waals surface area contributed by atoms with Crippen LogP contribution in [0.15, 0.2) is 48.5 Å². The Bertz CT molecular complexity index is 762. The molecule has 2 aromatic carbocycles. The second kappa shape index (κ2) is 8.23. The van der Waals surface area contributed by atoms with Gasteiger partial charge in [-0.25, -0.2) is 4.79 Å². The summed E-state index contributed by atoms with van der Waals surface area (Å²) in [6, 6.07) is 15.6. The second-order valence-corrected chi connectivity index (χ2v) is 6.77. The number of aliphatic hydroxyl groups excluding tert-OH is 1. The highest BCUT2D eigenvalue weighted by Crippen LogP contribution is 2.31. The normalized spacial score (nSPS) is 18.3. The highest BCUT2D eigenvalue weighted by molar-refractivity contribution is 5.75. The molecular formula is C21H27N3O2. The summed E-state index contributed by atoms with van der Waals surface area (Å²) in [6.07, 6.45) is 0.00976. The molecule has 0 aromatic heterocycles. The van der Waals surface area contributed by atoms with Crippen molar-refractivity contribution in [3.8, 4) is 0 Å². The zero-order chi connectivity index (χ0) is 18.5. The van der Waals surface area contributed by atoms with E-state index in [0.717, 1.165) is 29.9 Å². The lowest BCUT2D eigenvalue weighted by Crippen LogP contribution is -2.43. The monoisotopic (exact) mass is 353 g/mol. The summed E-state index contributed by atoms with van der Waals surface area (Å²) in [7, 11) is 0. The molecule has 1 aliphatic rings. The van der Waals surface area contributed by atoms with Gasteiger partial charge < -0.3 is 20.6 Å². The van der Waals surface area contributed by atoms with Gasteiger partial charge in [0, 0.05) is 31.7 Å². The number of aliphatic hydroxyl groups is 1. The first-order chi connectivity index (χ1) is 12.6. The van der Waals surface area contributed by atoms with Crippen LogP contribution < -0.4 is 15.5 Å². The van der Waals surface area contributed by atoms with Gasteiger partial charge >= 0.3 is 6.03 Å². The smallest absolute Gasteiger partial charge is 0.315 e. The predicted molar refractivity (Wildman–Crippen MR) is 104 cm³/mol. The van der Waals surface area contributed by atoms with E-state index in [0.29, 0.717) is 13.0 Å². The molecule has 5 nitrogen and oxygen atoms in total. The number of carbonyl (C=O) groups is 1. The van der Waals surface area contributed by atoms with E-state index in [9.17, 15) is 9.90 Å². The van der Waals surface area contributed by atoms with E-state index < -0.39 is 6.10 Å². The van der Waals surface area contributed by atoms with E-state index in [2.05, 4.69) is 47.6 Å². The quantitative estimate of drug-likeness (QED) is 0.748. The summed E-state index contributed by atoms with van der Waals surface area (Å²) in [5, 5.41) is 16.0. The summed E-state index contributed by atoms with van der Waals surface area (Å²) in [6.45, 7) is 6.33. The van der Waals surface area contributed by atoms with Gasteiger partial charge in [0.25, 0.3) is 0 Å². The molecular weight excluding hydrogens is 326 g/mol. The number of hydrogen-bond donors (Lipinski definition) is 3. The summed E-state index contributed by atoms with van der Waals surface area (Å²) in [5.41, 5.74) is 4.49. The SMILES string of the molecule is CCN(CCNC(=O)N[C@@H]1c2ccccc2C[C@@H]1O)c1cccc(C)c1. The largest absolute Gasteiger partial charge is 0.390 e. The molecule has 3 rings (SSSR count). The molecule has 0 bridgehead atoms. The molecule has 1 aliphatic carbocycles. The molecule has 2 aromatic rings. The molecule has 0 aliphatic heterocycles. The fraction of sp³-hybridized carbons (Fsp3) is 0.381. The number of rotatable bonds is 6. The maximum atomic E-state index is 12.3. The zero-order valence-corrected chi connectivity index (χ0v) is 15.4. The van der Waals surface area contributed by atoms with Crippen LogP contribution in [0.1, 0.15) is 29.7 Å². The molecule has 3 N–H and O–H groups in total. The van der Waals surface area contributed by atoms with Crippen LogP contribution in [-0.2, 0) is 6.42 Å². The summed E-state index contributed by atoms with van der Waals surface area (Å²) in [4.78, 5) is 14.5. The Morgan fingerprint density at radius 1 is 1.23 bits per heavy atom. The summed E-state index contributed by atoms with van der Waals surface area (Å²) in [5.74, 6) is 0. The second-order valence-electron chi connectivity index (χ2n) is 6.77. The van der Waals surface area contributed by atoms with Crippen molar-refractivity contribution >= 4 is 11.7 Å². The molecule has 138 valence electrons. The van der Waals surface area contributed by atoms with Crippen molar-refractivity contribution in [1.82, 2.24) is 10.6 Å². The van der Waals surface area contributed by atoms with Gasteiger partial charge in [-0.3, -0.25) is 0 Å². The van der Waals surface area contributed by atoms with E-state index in [1.807, 2.05) is 30.3 Å². The standard InChI is InChI=1S/C21H27N3O2/c1-3-24(17-9-6-7-15(2)13-17)12-11-22-21(26)23-20-18-10-5-4-8-16(18)14-19(20)25/h4-10,13,19-20,25H,3,11-12,14H2,1-2H3,(H2,22,23,26)/t19-,20+/m0/s1. The zero-order valence-electron chi connectivity index (χ0n) is 15.4. The van der Waals surface area contributed by atoms with Gasteiger partial charge in [0.15, 0.2) is 0 Å². The van der Waals surface area contributed by atoms with Crippen LogP contribution in [-0.4, -0.2) is 36.9 Å². The molecule has 26 heavy (non-hydrogen) atoms. The lowest BCUT2D eigenvalue weighted by atomic mass is 10.1. The van der Waals surface area contributed by atoms with Crippen molar-refractivity contribution in [2.75, 3.05) is 24.5 Å². The minimum absolute atomic E-state index is 0.244. The fourth-order valence-electron chi connectivity index (χ4n) is 3.54. The molecule has 5 heteroatoms. The Balaban J connectivity index is 1.51. The highest BCUT2D eigenvalue weighted by Gasteiger charge is 2.31. The number of amides is 2. The van der Waals surface area contributed by atoms with Gasteiger partial charge in [-0.2, -0.15) is 0 Å². The molecule has 0 saturated carbocycles. The average molecular weight is 353 g/mol. The van der Waals surface area contributed by atoms with Crippen molar-refractivity contribution in [3.63, 3.8) is 0 Å².